The van der Waals surface area contributed by atoms with E-state index in [0.717, 1.165) is 11.8 Å². The van der Waals surface area contributed by atoms with Gasteiger partial charge in [0.2, 0.25) is 0 Å². The van der Waals surface area contributed by atoms with Crippen molar-refractivity contribution in [1.82, 2.24) is 4.90 Å². The van der Waals surface area contributed by atoms with E-state index in [2.05, 4.69) is 0 Å². The van der Waals surface area contributed by atoms with Crippen molar-refractivity contribution in [2.45, 2.75) is 38.8 Å². The Morgan fingerprint density at radius 1 is 1.39 bits per heavy atom. The summed E-state index contributed by atoms with van der Waals surface area (Å²) in [5, 5.41) is 0. The molecule has 0 aromatic heterocycles. The summed E-state index contributed by atoms with van der Waals surface area (Å²) in [6.07, 6.45) is 1.28. The first-order valence-corrected chi connectivity index (χ1v) is 7.70. The van der Waals surface area contributed by atoms with Crippen LogP contribution in [0.1, 0.15) is 36.2 Å². The van der Waals surface area contributed by atoms with Gasteiger partial charge in [0.15, 0.2) is 0 Å². The number of benzene rings is 1. The highest BCUT2D eigenvalue weighted by molar-refractivity contribution is 5.89. The standard InChI is InChI=1S/C17H21NO5/c1-12(2)23-16(20)14-5-3-13(4-6-14)7-9-18-15(11-19)8-10-22-17(18)21/h3-6,11-12,15H,7-10H2,1-2H3/t15-/m1/s1. The number of esters is 1. The number of cyclic esters (lactones) is 1. The number of nitrogens with zero attached hydrogens (tertiary/aromatic N) is 1. The van der Waals surface area contributed by atoms with E-state index in [4.69, 9.17) is 9.47 Å². The number of hydrogen-bond acceptors (Lipinski definition) is 5. The average molecular weight is 319 g/mol. The molecule has 1 aromatic carbocycles. The first-order valence-electron chi connectivity index (χ1n) is 7.70. The summed E-state index contributed by atoms with van der Waals surface area (Å²) in [6, 6.07) is 6.62. The van der Waals surface area contributed by atoms with Gasteiger partial charge in [-0.3, -0.25) is 4.90 Å². The van der Waals surface area contributed by atoms with Crippen LogP contribution in [0.2, 0.25) is 0 Å². The first-order chi connectivity index (χ1) is 11.0. The summed E-state index contributed by atoms with van der Waals surface area (Å²) in [4.78, 5) is 36.0. The summed E-state index contributed by atoms with van der Waals surface area (Å²) in [5.74, 6) is -0.354. The van der Waals surface area contributed by atoms with Gasteiger partial charge in [-0.05, 0) is 38.0 Å². The molecule has 1 heterocycles. The molecular weight excluding hydrogens is 298 g/mol. The molecule has 124 valence electrons. The highest BCUT2D eigenvalue weighted by Crippen LogP contribution is 2.14. The SMILES string of the molecule is CC(C)OC(=O)c1ccc(CCN2C(=O)OCC[C@@H]2C=O)cc1. The van der Waals surface area contributed by atoms with Crippen LogP contribution in [0.4, 0.5) is 4.79 Å². The number of amides is 1. The molecule has 6 heteroatoms. The van der Waals surface area contributed by atoms with Crippen molar-refractivity contribution >= 4 is 18.3 Å². The molecule has 1 aliphatic heterocycles. The van der Waals surface area contributed by atoms with Crippen molar-refractivity contribution in [1.29, 1.82) is 0 Å². The van der Waals surface area contributed by atoms with Gasteiger partial charge < -0.3 is 14.3 Å². The molecule has 23 heavy (non-hydrogen) atoms. The van der Waals surface area contributed by atoms with Crippen LogP contribution in [0.25, 0.3) is 0 Å². The van der Waals surface area contributed by atoms with Gasteiger partial charge in [-0.25, -0.2) is 9.59 Å². The third kappa shape index (κ3) is 4.55. The van der Waals surface area contributed by atoms with E-state index in [1.54, 1.807) is 26.0 Å². The molecule has 0 N–H and O–H groups in total. The van der Waals surface area contributed by atoms with Gasteiger partial charge in [0.05, 0.1) is 24.3 Å². The van der Waals surface area contributed by atoms with Crippen molar-refractivity contribution in [3.8, 4) is 0 Å². The zero-order valence-corrected chi connectivity index (χ0v) is 13.4. The molecule has 1 aromatic rings. The minimum absolute atomic E-state index is 0.160. The van der Waals surface area contributed by atoms with Crippen molar-refractivity contribution in [2.75, 3.05) is 13.2 Å². The Bertz CT molecular complexity index is 567. The monoisotopic (exact) mass is 319 g/mol. The number of aldehydes is 1. The topological polar surface area (TPSA) is 72.9 Å². The maximum atomic E-state index is 11.8. The smallest absolute Gasteiger partial charge is 0.410 e. The van der Waals surface area contributed by atoms with Crippen molar-refractivity contribution in [3.05, 3.63) is 35.4 Å². The summed E-state index contributed by atoms with van der Waals surface area (Å²) < 4.78 is 10.1. The normalized spacial score (nSPS) is 17.8. The Labute approximate surface area is 135 Å². The lowest BCUT2D eigenvalue weighted by atomic mass is 10.1. The molecule has 1 aliphatic rings. The summed E-state index contributed by atoms with van der Waals surface area (Å²) in [5.41, 5.74) is 1.46. The van der Waals surface area contributed by atoms with E-state index in [1.807, 2.05) is 12.1 Å². The number of ether oxygens (including phenoxy) is 2. The van der Waals surface area contributed by atoms with E-state index >= 15 is 0 Å². The molecule has 1 amide bonds. The minimum atomic E-state index is -0.453. The quantitative estimate of drug-likeness (QED) is 0.594. The maximum Gasteiger partial charge on any atom is 0.410 e. The molecular formula is C17H21NO5. The van der Waals surface area contributed by atoms with Crippen LogP contribution in [-0.4, -0.2) is 48.5 Å². The molecule has 0 aliphatic carbocycles. The number of rotatable bonds is 6. The van der Waals surface area contributed by atoms with Crippen LogP contribution in [0, 0.1) is 0 Å². The summed E-state index contributed by atoms with van der Waals surface area (Å²) in [7, 11) is 0. The van der Waals surface area contributed by atoms with Crippen molar-refractivity contribution < 1.29 is 23.9 Å². The van der Waals surface area contributed by atoms with Crippen molar-refractivity contribution in [3.63, 3.8) is 0 Å². The molecule has 0 unspecified atom stereocenters. The number of carbonyl (C=O) groups is 3. The summed E-state index contributed by atoms with van der Waals surface area (Å²) >= 11 is 0. The Morgan fingerprint density at radius 3 is 2.70 bits per heavy atom. The van der Waals surface area contributed by atoms with E-state index in [1.165, 1.54) is 4.90 Å². The Morgan fingerprint density at radius 2 is 2.09 bits per heavy atom. The van der Waals surface area contributed by atoms with E-state index in [0.29, 0.717) is 24.9 Å². The highest BCUT2D eigenvalue weighted by atomic mass is 16.6. The second-order valence-corrected chi connectivity index (χ2v) is 5.70. The Kier molecular flexibility index (Phi) is 5.73. The van der Waals surface area contributed by atoms with Crippen LogP contribution >= 0.6 is 0 Å². The lowest BCUT2D eigenvalue weighted by Gasteiger charge is -2.31. The van der Waals surface area contributed by atoms with Gasteiger partial charge in [0, 0.05) is 13.0 Å². The van der Waals surface area contributed by atoms with Crippen LogP contribution in [0.5, 0.6) is 0 Å². The lowest BCUT2D eigenvalue weighted by molar-refractivity contribution is -0.113. The first kappa shape index (κ1) is 17.0. The predicted octanol–water partition coefficient (Wildman–Crippen LogP) is 2.20. The third-order valence-electron chi connectivity index (χ3n) is 3.60. The van der Waals surface area contributed by atoms with Crippen molar-refractivity contribution in [2.24, 2.45) is 0 Å². The fourth-order valence-corrected chi connectivity index (χ4v) is 2.38. The van der Waals surface area contributed by atoms with Gasteiger partial charge in [-0.2, -0.15) is 0 Å². The Balaban J connectivity index is 1.94. The fraction of sp³-hybridized carbons (Fsp3) is 0.471. The molecule has 2 rings (SSSR count). The van der Waals surface area contributed by atoms with Crippen LogP contribution in [0.15, 0.2) is 24.3 Å². The number of hydrogen-bond donors (Lipinski definition) is 0. The Hall–Kier alpha value is -2.37. The van der Waals surface area contributed by atoms with Crippen LogP contribution < -0.4 is 0 Å². The molecule has 0 radical (unpaired) electrons. The average Bonchev–Trinajstić information content (AvgIpc) is 2.53. The fourth-order valence-electron chi connectivity index (χ4n) is 2.38. The molecule has 6 nitrogen and oxygen atoms in total. The van der Waals surface area contributed by atoms with Gasteiger partial charge in [0.1, 0.15) is 6.29 Å². The number of carbonyl (C=O) groups excluding carboxylic acids is 3. The minimum Gasteiger partial charge on any atom is -0.459 e. The molecule has 1 atom stereocenters. The zero-order chi connectivity index (χ0) is 16.8. The van der Waals surface area contributed by atoms with E-state index in [9.17, 15) is 14.4 Å². The van der Waals surface area contributed by atoms with Gasteiger partial charge in [-0.1, -0.05) is 12.1 Å². The maximum absolute atomic E-state index is 11.8. The molecule has 0 saturated carbocycles. The van der Waals surface area contributed by atoms with E-state index in [-0.39, 0.29) is 18.7 Å². The largest absolute Gasteiger partial charge is 0.459 e. The molecule has 1 fully saturated rings. The molecule has 1 saturated heterocycles. The van der Waals surface area contributed by atoms with Crippen LogP contribution in [0.3, 0.4) is 0 Å². The van der Waals surface area contributed by atoms with Gasteiger partial charge in [-0.15, -0.1) is 0 Å². The zero-order valence-electron chi connectivity index (χ0n) is 13.4. The second kappa shape index (κ2) is 7.76. The molecule has 0 bridgehead atoms. The van der Waals surface area contributed by atoms with Gasteiger partial charge >= 0.3 is 12.1 Å². The van der Waals surface area contributed by atoms with Crippen LogP contribution in [-0.2, 0) is 20.7 Å². The third-order valence-corrected chi connectivity index (χ3v) is 3.60. The highest BCUT2D eigenvalue weighted by Gasteiger charge is 2.28. The van der Waals surface area contributed by atoms with E-state index < -0.39 is 12.1 Å². The lowest BCUT2D eigenvalue weighted by Crippen LogP contribution is -2.47. The molecule has 0 spiro atoms. The summed E-state index contributed by atoms with van der Waals surface area (Å²) in [6.45, 7) is 4.28. The predicted molar refractivity (Wildman–Crippen MR) is 83.2 cm³/mol. The van der Waals surface area contributed by atoms with Gasteiger partial charge in [0.25, 0.3) is 0 Å². The second-order valence-electron chi connectivity index (χ2n) is 5.70.